The van der Waals surface area contributed by atoms with Crippen LogP contribution in [0.25, 0.3) is 0 Å². The molecule has 25 heavy (non-hydrogen) atoms. The average Bonchev–Trinajstić information content (AvgIpc) is 2.86. The van der Waals surface area contributed by atoms with Crippen molar-refractivity contribution in [1.82, 2.24) is 10.6 Å². The van der Waals surface area contributed by atoms with Crippen LogP contribution in [-0.2, 0) is 0 Å². The Morgan fingerprint density at radius 3 is 2.20 bits per heavy atom. The quantitative estimate of drug-likeness (QED) is 0.239. The summed E-state index contributed by atoms with van der Waals surface area (Å²) in [6.07, 6.45) is -0.383. The van der Waals surface area contributed by atoms with Gasteiger partial charge >= 0.3 is 0 Å². The van der Waals surface area contributed by atoms with Crippen LogP contribution in [0.15, 0.2) is 0 Å². The SMILES string of the molecule is CC(C)CN[C@H](CO)[C@H](O)CCC(C)CN[C@@H]1C[C@H](CO)[C@@H](O)[C@H]1O. The van der Waals surface area contributed by atoms with E-state index >= 15 is 0 Å². The van der Waals surface area contributed by atoms with E-state index in [1.807, 2.05) is 0 Å². The van der Waals surface area contributed by atoms with Crippen molar-refractivity contribution >= 4 is 0 Å². The van der Waals surface area contributed by atoms with Crippen molar-refractivity contribution in [2.45, 2.75) is 70.4 Å². The second-order valence-electron chi connectivity index (χ2n) is 8.02. The monoisotopic (exact) mass is 362 g/mol. The van der Waals surface area contributed by atoms with Gasteiger partial charge in [0, 0.05) is 18.6 Å². The highest BCUT2D eigenvalue weighted by Crippen LogP contribution is 2.26. The summed E-state index contributed by atoms with van der Waals surface area (Å²) in [4.78, 5) is 0. The molecule has 0 amide bonds. The van der Waals surface area contributed by atoms with Crippen molar-refractivity contribution in [2.24, 2.45) is 17.8 Å². The molecule has 0 radical (unpaired) electrons. The third-order valence-corrected chi connectivity index (χ3v) is 5.17. The summed E-state index contributed by atoms with van der Waals surface area (Å²) in [5.41, 5.74) is 0. The molecule has 0 aromatic rings. The average molecular weight is 363 g/mol. The van der Waals surface area contributed by atoms with Crippen molar-refractivity contribution in [3.63, 3.8) is 0 Å². The smallest absolute Gasteiger partial charge is 0.0955 e. The molecule has 1 aliphatic rings. The lowest BCUT2D eigenvalue weighted by Gasteiger charge is -2.25. The number of hydrogen-bond donors (Lipinski definition) is 7. The maximum Gasteiger partial charge on any atom is 0.0955 e. The van der Waals surface area contributed by atoms with Crippen LogP contribution in [0.5, 0.6) is 0 Å². The number of nitrogens with one attached hydrogen (secondary N) is 2. The predicted octanol–water partition coefficient (Wildman–Crippen LogP) is -0.938. The van der Waals surface area contributed by atoms with Crippen molar-refractivity contribution in [1.29, 1.82) is 0 Å². The molecule has 0 saturated heterocycles. The first kappa shape index (κ1) is 22.8. The van der Waals surface area contributed by atoms with Gasteiger partial charge < -0.3 is 36.2 Å². The van der Waals surface area contributed by atoms with Crippen LogP contribution < -0.4 is 10.6 Å². The number of aliphatic hydroxyl groups excluding tert-OH is 5. The Morgan fingerprint density at radius 1 is 1.00 bits per heavy atom. The predicted molar refractivity (Wildman–Crippen MR) is 97.1 cm³/mol. The zero-order valence-electron chi connectivity index (χ0n) is 15.8. The van der Waals surface area contributed by atoms with E-state index in [1.54, 1.807) is 0 Å². The maximum absolute atomic E-state index is 10.3. The summed E-state index contributed by atoms with van der Waals surface area (Å²) in [5, 5.41) is 55.2. The minimum atomic E-state index is -0.878. The Bertz CT molecular complexity index is 358. The molecule has 1 unspecified atom stereocenters. The van der Waals surface area contributed by atoms with Gasteiger partial charge in [-0.15, -0.1) is 0 Å². The van der Waals surface area contributed by atoms with E-state index in [1.165, 1.54) is 0 Å². The van der Waals surface area contributed by atoms with Crippen molar-refractivity contribution in [2.75, 3.05) is 26.3 Å². The van der Waals surface area contributed by atoms with Gasteiger partial charge in [0.15, 0.2) is 0 Å². The van der Waals surface area contributed by atoms with E-state index in [-0.39, 0.29) is 37.1 Å². The zero-order chi connectivity index (χ0) is 19.0. The highest BCUT2D eigenvalue weighted by atomic mass is 16.3. The van der Waals surface area contributed by atoms with Crippen LogP contribution >= 0.6 is 0 Å². The van der Waals surface area contributed by atoms with E-state index in [9.17, 15) is 25.5 Å². The van der Waals surface area contributed by atoms with Crippen LogP contribution in [0.2, 0.25) is 0 Å². The van der Waals surface area contributed by atoms with Crippen LogP contribution in [0.1, 0.15) is 40.0 Å². The molecule has 1 saturated carbocycles. The molecular weight excluding hydrogens is 324 g/mol. The molecular formula is C18H38N2O5. The van der Waals surface area contributed by atoms with Crippen molar-refractivity contribution in [3.8, 4) is 0 Å². The normalized spacial score (nSPS) is 30.6. The minimum Gasteiger partial charge on any atom is -0.396 e. The summed E-state index contributed by atoms with van der Waals surface area (Å²) in [6, 6.07) is -0.517. The molecule has 0 aliphatic heterocycles. The van der Waals surface area contributed by atoms with Gasteiger partial charge in [-0.25, -0.2) is 0 Å². The van der Waals surface area contributed by atoms with Gasteiger partial charge in [-0.3, -0.25) is 0 Å². The van der Waals surface area contributed by atoms with Gasteiger partial charge in [-0.2, -0.15) is 0 Å². The third-order valence-electron chi connectivity index (χ3n) is 5.17. The largest absolute Gasteiger partial charge is 0.396 e. The lowest BCUT2D eigenvalue weighted by atomic mass is 9.98. The summed E-state index contributed by atoms with van der Waals surface area (Å²) in [5.74, 6) is 0.471. The van der Waals surface area contributed by atoms with E-state index in [0.29, 0.717) is 25.3 Å². The van der Waals surface area contributed by atoms with Crippen molar-refractivity contribution in [3.05, 3.63) is 0 Å². The topological polar surface area (TPSA) is 125 Å². The van der Waals surface area contributed by atoms with Crippen LogP contribution in [0.3, 0.4) is 0 Å². The standard InChI is InChI=1S/C18H38N2O5/c1-11(2)7-19-15(10-22)16(23)5-4-12(3)8-20-14-6-13(9-21)17(24)18(14)25/h11-25H,4-10H2,1-3H3/t12?,13-,14-,15-,16-,17-,18+/m1/s1. The molecule has 150 valence electrons. The van der Waals surface area contributed by atoms with Gasteiger partial charge in [0.1, 0.15) is 0 Å². The van der Waals surface area contributed by atoms with Crippen LogP contribution in [0.4, 0.5) is 0 Å². The summed E-state index contributed by atoms with van der Waals surface area (Å²) in [6.45, 7) is 7.44. The molecule has 7 heteroatoms. The Kier molecular flexibility index (Phi) is 10.4. The molecule has 0 spiro atoms. The summed E-state index contributed by atoms with van der Waals surface area (Å²) < 4.78 is 0. The fourth-order valence-electron chi connectivity index (χ4n) is 3.33. The highest BCUT2D eigenvalue weighted by molar-refractivity contribution is 4.95. The number of hydrogen-bond acceptors (Lipinski definition) is 7. The molecule has 1 rings (SSSR count). The lowest BCUT2D eigenvalue weighted by Crippen LogP contribution is -2.44. The Hall–Kier alpha value is -0.280. The van der Waals surface area contributed by atoms with E-state index in [2.05, 4.69) is 31.4 Å². The van der Waals surface area contributed by atoms with E-state index in [0.717, 1.165) is 13.0 Å². The Balaban J connectivity index is 2.28. The lowest BCUT2D eigenvalue weighted by molar-refractivity contribution is -0.000520. The molecule has 0 aromatic heterocycles. The molecule has 7 atom stereocenters. The fraction of sp³-hybridized carbons (Fsp3) is 1.00. The second-order valence-corrected chi connectivity index (χ2v) is 8.02. The Labute approximate surface area is 151 Å². The fourth-order valence-corrected chi connectivity index (χ4v) is 3.33. The first-order chi connectivity index (χ1) is 11.8. The van der Waals surface area contributed by atoms with Crippen molar-refractivity contribution < 1.29 is 25.5 Å². The first-order valence-electron chi connectivity index (χ1n) is 9.52. The summed E-state index contributed by atoms with van der Waals surface area (Å²) >= 11 is 0. The first-order valence-corrected chi connectivity index (χ1v) is 9.52. The molecule has 0 aromatic carbocycles. The third kappa shape index (κ3) is 7.46. The highest BCUT2D eigenvalue weighted by Gasteiger charge is 2.40. The Morgan fingerprint density at radius 2 is 1.68 bits per heavy atom. The van der Waals surface area contributed by atoms with Crippen LogP contribution in [-0.4, -0.2) is 82.2 Å². The zero-order valence-corrected chi connectivity index (χ0v) is 15.8. The molecule has 7 N–H and O–H groups in total. The van der Waals surface area contributed by atoms with Crippen LogP contribution in [0, 0.1) is 17.8 Å². The molecule has 0 bridgehead atoms. The maximum atomic E-state index is 10.3. The molecule has 1 aliphatic carbocycles. The second kappa shape index (κ2) is 11.4. The van der Waals surface area contributed by atoms with Gasteiger partial charge in [-0.05, 0) is 44.2 Å². The molecule has 0 heterocycles. The van der Waals surface area contributed by atoms with Gasteiger partial charge in [0.2, 0.25) is 0 Å². The van der Waals surface area contributed by atoms with Gasteiger partial charge in [-0.1, -0.05) is 20.8 Å². The number of aliphatic hydroxyl groups is 5. The summed E-state index contributed by atoms with van der Waals surface area (Å²) in [7, 11) is 0. The molecule has 7 nitrogen and oxygen atoms in total. The molecule has 1 fully saturated rings. The van der Waals surface area contributed by atoms with E-state index in [4.69, 9.17) is 0 Å². The van der Waals surface area contributed by atoms with Gasteiger partial charge in [0.05, 0.1) is 31.0 Å². The van der Waals surface area contributed by atoms with Gasteiger partial charge in [0.25, 0.3) is 0 Å². The van der Waals surface area contributed by atoms with E-state index < -0.39 is 18.3 Å². The minimum absolute atomic E-state index is 0.0881. The number of rotatable bonds is 12.